The van der Waals surface area contributed by atoms with Crippen LogP contribution in [0.4, 0.5) is 0 Å². The number of carbonyl (C=O) groups is 1. The first kappa shape index (κ1) is 27.5. The maximum absolute atomic E-state index is 13.7. The summed E-state index contributed by atoms with van der Waals surface area (Å²) in [6, 6.07) is 30.6. The zero-order valence-electron chi connectivity index (χ0n) is 23.7. The van der Waals surface area contributed by atoms with Crippen molar-refractivity contribution in [2.45, 2.75) is 50.7 Å². The molecule has 7 nitrogen and oxygen atoms in total. The fourth-order valence-corrected chi connectivity index (χ4v) is 5.98. The number of amidine groups is 1. The molecule has 7 heteroatoms. The fraction of sp³-hybridized carbons (Fsp3) is 0.257. The molecule has 5 aromatic rings. The molecule has 0 atom stereocenters. The summed E-state index contributed by atoms with van der Waals surface area (Å²) >= 11 is 0. The third kappa shape index (κ3) is 6.02. The molecule has 214 valence electrons. The second-order valence-corrected chi connectivity index (χ2v) is 11.3. The topological polar surface area (TPSA) is 119 Å². The maximum atomic E-state index is 13.7. The molecule has 4 aromatic carbocycles. The number of aromatic nitrogens is 1. The molecule has 0 bridgehead atoms. The van der Waals surface area contributed by atoms with Crippen molar-refractivity contribution in [3.8, 4) is 5.75 Å². The summed E-state index contributed by atoms with van der Waals surface area (Å²) in [6.07, 6.45) is 4.41. The Kier molecular flexibility index (Phi) is 7.93. The summed E-state index contributed by atoms with van der Waals surface area (Å²) < 4.78 is 8.30. The Morgan fingerprint density at radius 1 is 0.905 bits per heavy atom. The number of ether oxygens (including phenoxy) is 1. The van der Waals surface area contributed by atoms with Crippen LogP contribution >= 0.6 is 0 Å². The van der Waals surface area contributed by atoms with Gasteiger partial charge in [0.2, 0.25) is 0 Å². The largest absolute Gasteiger partial charge is 0.493 e. The summed E-state index contributed by atoms with van der Waals surface area (Å²) in [5.74, 6) is 0.689. The van der Waals surface area contributed by atoms with Crippen LogP contribution in [0.5, 0.6) is 5.75 Å². The van der Waals surface area contributed by atoms with Crippen LogP contribution in [0.25, 0.3) is 21.7 Å². The second-order valence-electron chi connectivity index (χ2n) is 11.3. The third-order valence-corrected chi connectivity index (χ3v) is 8.31. The van der Waals surface area contributed by atoms with Crippen LogP contribution in [0.2, 0.25) is 0 Å². The Morgan fingerprint density at radius 3 is 2.45 bits per heavy atom. The van der Waals surface area contributed by atoms with E-state index in [9.17, 15) is 4.79 Å². The first-order chi connectivity index (χ1) is 20.4. The quantitative estimate of drug-likeness (QED) is 0.136. The van der Waals surface area contributed by atoms with Gasteiger partial charge >= 0.3 is 0 Å². The van der Waals surface area contributed by atoms with Gasteiger partial charge in [-0.1, -0.05) is 66.7 Å². The predicted octanol–water partition coefficient (Wildman–Crippen LogP) is 5.75. The Hall–Kier alpha value is -4.62. The summed E-state index contributed by atoms with van der Waals surface area (Å²) in [5.41, 5.74) is 16.3. The number of nitrogens with one attached hydrogen (secondary N) is 2. The molecule has 1 aliphatic rings. The van der Waals surface area contributed by atoms with E-state index in [1.807, 2.05) is 59.2 Å². The van der Waals surface area contributed by atoms with Gasteiger partial charge in [-0.25, -0.2) is 0 Å². The van der Waals surface area contributed by atoms with E-state index in [4.69, 9.17) is 21.6 Å². The van der Waals surface area contributed by atoms with Gasteiger partial charge in [0.25, 0.3) is 5.91 Å². The smallest absolute Gasteiger partial charge is 0.268 e. The highest BCUT2D eigenvalue weighted by Gasteiger charge is 2.23. The monoisotopic (exact) mass is 559 g/mol. The number of benzene rings is 4. The second kappa shape index (κ2) is 12.1. The summed E-state index contributed by atoms with van der Waals surface area (Å²) in [6.45, 7) is 1.02. The van der Waals surface area contributed by atoms with Crippen molar-refractivity contribution in [1.82, 2.24) is 9.88 Å². The normalized spacial score (nSPS) is 16.9. The van der Waals surface area contributed by atoms with Crippen molar-refractivity contribution in [1.29, 1.82) is 5.41 Å². The van der Waals surface area contributed by atoms with Crippen molar-refractivity contribution < 1.29 is 9.53 Å². The lowest BCUT2D eigenvalue weighted by molar-refractivity contribution is 0.0917. The zero-order chi connectivity index (χ0) is 29.1. The molecule has 6 rings (SSSR count). The van der Waals surface area contributed by atoms with Gasteiger partial charge in [0.15, 0.2) is 0 Å². The van der Waals surface area contributed by atoms with E-state index in [0.29, 0.717) is 24.4 Å². The van der Waals surface area contributed by atoms with Gasteiger partial charge < -0.3 is 26.1 Å². The van der Waals surface area contributed by atoms with Gasteiger partial charge in [-0.05, 0) is 71.8 Å². The summed E-state index contributed by atoms with van der Waals surface area (Å²) in [7, 11) is 0. The van der Waals surface area contributed by atoms with Crippen molar-refractivity contribution in [3.05, 3.63) is 113 Å². The molecule has 1 aliphatic carbocycles. The molecule has 1 amide bonds. The number of amides is 1. The van der Waals surface area contributed by atoms with Gasteiger partial charge in [0.05, 0.1) is 6.61 Å². The fourth-order valence-electron chi connectivity index (χ4n) is 5.98. The molecule has 1 aromatic heterocycles. The van der Waals surface area contributed by atoms with Gasteiger partial charge in [-0.15, -0.1) is 0 Å². The number of hydrogen-bond acceptors (Lipinski definition) is 4. The van der Waals surface area contributed by atoms with Crippen molar-refractivity contribution in [2.75, 3.05) is 6.61 Å². The SMILES string of the molecule is N=C(N)c1ccc2cc(C(=O)NC3CCC(N)CC3)n(Cc3cc(OCCc4ccccc4)cc4ccccc34)c2c1. The van der Waals surface area contributed by atoms with E-state index >= 15 is 0 Å². The van der Waals surface area contributed by atoms with Gasteiger partial charge in [-0.3, -0.25) is 10.2 Å². The summed E-state index contributed by atoms with van der Waals surface area (Å²) in [4.78, 5) is 13.7. The van der Waals surface area contributed by atoms with E-state index in [1.165, 1.54) is 5.56 Å². The van der Waals surface area contributed by atoms with Crippen LogP contribution in [0.15, 0.2) is 91.0 Å². The van der Waals surface area contributed by atoms with E-state index in [1.54, 1.807) is 0 Å². The molecule has 1 fully saturated rings. The molecular weight excluding hydrogens is 522 g/mol. The van der Waals surface area contributed by atoms with E-state index in [-0.39, 0.29) is 23.8 Å². The maximum Gasteiger partial charge on any atom is 0.268 e. The van der Waals surface area contributed by atoms with E-state index in [0.717, 1.165) is 65.1 Å². The molecule has 6 N–H and O–H groups in total. The number of nitrogens with two attached hydrogens (primary N) is 2. The number of hydrogen-bond donors (Lipinski definition) is 4. The minimum Gasteiger partial charge on any atom is -0.493 e. The number of fused-ring (bicyclic) bond motifs is 2. The van der Waals surface area contributed by atoms with Gasteiger partial charge in [0, 0.05) is 41.5 Å². The van der Waals surface area contributed by atoms with Crippen LogP contribution in [-0.2, 0) is 13.0 Å². The van der Waals surface area contributed by atoms with Crippen LogP contribution in [0, 0.1) is 5.41 Å². The summed E-state index contributed by atoms with van der Waals surface area (Å²) in [5, 5.41) is 14.4. The molecule has 1 saturated carbocycles. The van der Waals surface area contributed by atoms with Crippen molar-refractivity contribution in [2.24, 2.45) is 11.5 Å². The first-order valence-corrected chi connectivity index (χ1v) is 14.7. The van der Waals surface area contributed by atoms with Crippen LogP contribution < -0.4 is 21.5 Å². The molecule has 0 aliphatic heterocycles. The lowest BCUT2D eigenvalue weighted by atomic mass is 9.92. The van der Waals surface area contributed by atoms with Crippen LogP contribution in [0.1, 0.15) is 52.9 Å². The first-order valence-electron chi connectivity index (χ1n) is 14.7. The molecule has 42 heavy (non-hydrogen) atoms. The number of nitrogens with zero attached hydrogens (tertiary/aromatic N) is 1. The third-order valence-electron chi connectivity index (χ3n) is 8.31. The lowest BCUT2D eigenvalue weighted by Gasteiger charge is -2.27. The van der Waals surface area contributed by atoms with Crippen molar-refractivity contribution in [3.63, 3.8) is 0 Å². The van der Waals surface area contributed by atoms with E-state index in [2.05, 4.69) is 41.7 Å². The number of carbonyl (C=O) groups excluding carboxylic acids is 1. The minimum absolute atomic E-state index is 0.00606. The minimum atomic E-state index is -0.101. The number of rotatable bonds is 9. The average Bonchev–Trinajstić information content (AvgIpc) is 3.36. The van der Waals surface area contributed by atoms with Gasteiger partial charge in [0.1, 0.15) is 17.3 Å². The van der Waals surface area contributed by atoms with E-state index < -0.39 is 0 Å². The van der Waals surface area contributed by atoms with Crippen molar-refractivity contribution >= 4 is 33.4 Å². The molecule has 0 unspecified atom stereocenters. The Morgan fingerprint density at radius 2 is 1.67 bits per heavy atom. The Labute approximate surface area is 246 Å². The Bertz CT molecular complexity index is 1740. The molecule has 1 heterocycles. The standard InChI is InChI=1S/C35H37N5O2/c36-28-12-14-29(15-13-28)39-35(41)33-20-25-10-11-26(34(37)38)21-32(25)40(33)22-27-19-30(18-24-8-4-5-9-31(24)27)42-17-16-23-6-2-1-3-7-23/h1-11,18-21,28-29H,12-17,22,36H2,(H3,37,38)(H,39,41). The molecule has 0 saturated heterocycles. The predicted molar refractivity (Wildman–Crippen MR) is 169 cm³/mol. The van der Waals surface area contributed by atoms with Crippen LogP contribution in [-0.4, -0.2) is 35.0 Å². The molecular formula is C35H37N5O2. The lowest BCUT2D eigenvalue weighted by Crippen LogP contribution is -2.41. The van der Waals surface area contributed by atoms with Crippen LogP contribution in [0.3, 0.4) is 0 Å². The highest BCUT2D eigenvalue weighted by molar-refractivity contribution is 6.02. The zero-order valence-corrected chi connectivity index (χ0v) is 23.7. The van der Waals surface area contributed by atoms with Gasteiger partial charge in [-0.2, -0.15) is 0 Å². The average molecular weight is 560 g/mol. The number of nitrogen functional groups attached to an aromatic ring is 1. The molecule has 0 spiro atoms. The highest BCUT2D eigenvalue weighted by atomic mass is 16.5. The molecule has 0 radical (unpaired) electrons. The highest BCUT2D eigenvalue weighted by Crippen LogP contribution is 2.30. The Balaban J connectivity index is 1.36.